The molecule has 6 heteroatoms. The van der Waals surface area contributed by atoms with Gasteiger partial charge in [-0.15, -0.1) is 11.8 Å². The minimum atomic E-state index is -0.518. The standard InChI is InChI=1S/C23H35NO4S/c1-23(2,3)28-22(25)24-12-11-17-15-20(24)19-10-9-18(29-4)16-21(19)27-14-8-6-5-7-13-26-17/h9-10,16-17,20H,5-8,11-15H2,1-4H3/t17?,20-/m0/s1. The fraction of sp³-hybridized carbons (Fsp3) is 0.696. The van der Waals surface area contributed by atoms with E-state index in [2.05, 4.69) is 24.5 Å². The third-order valence-corrected chi connectivity index (χ3v) is 6.14. The van der Waals surface area contributed by atoms with Crippen LogP contribution in [0, 0.1) is 0 Å². The zero-order valence-electron chi connectivity index (χ0n) is 18.2. The van der Waals surface area contributed by atoms with Crippen molar-refractivity contribution in [1.82, 2.24) is 4.90 Å². The largest absolute Gasteiger partial charge is 0.493 e. The number of likely N-dealkylation sites (tertiary alicyclic amines) is 1. The monoisotopic (exact) mass is 421 g/mol. The Morgan fingerprint density at radius 3 is 2.66 bits per heavy atom. The van der Waals surface area contributed by atoms with Gasteiger partial charge in [-0.05, 0) is 71.3 Å². The van der Waals surface area contributed by atoms with E-state index in [1.54, 1.807) is 11.8 Å². The van der Waals surface area contributed by atoms with Crippen molar-refractivity contribution in [3.63, 3.8) is 0 Å². The molecular weight excluding hydrogens is 386 g/mol. The van der Waals surface area contributed by atoms with Crippen molar-refractivity contribution in [2.24, 2.45) is 0 Å². The SMILES string of the molecule is CSc1ccc2c(c1)OCCCCCCOC1CCN(C(=O)OC(C)(C)C)[C@H]2C1. The highest BCUT2D eigenvalue weighted by molar-refractivity contribution is 7.98. The Bertz CT molecular complexity index is 688. The summed E-state index contributed by atoms with van der Waals surface area (Å²) >= 11 is 1.70. The van der Waals surface area contributed by atoms with Gasteiger partial charge in [0.2, 0.25) is 0 Å². The molecule has 1 saturated heterocycles. The summed E-state index contributed by atoms with van der Waals surface area (Å²) < 4.78 is 18.1. The van der Waals surface area contributed by atoms with Crippen LogP contribution >= 0.6 is 11.8 Å². The molecule has 1 unspecified atom stereocenters. The summed E-state index contributed by atoms with van der Waals surface area (Å²) in [6, 6.07) is 6.24. The molecule has 0 N–H and O–H groups in total. The first-order chi connectivity index (χ1) is 13.9. The summed E-state index contributed by atoms with van der Waals surface area (Å²) in [4.78, 5) is 16.0. The predicted molar refractivity (Wildman–Crippen MR) is 117 cm³/mol. The number of amides is 1. The van der Waals surface area contributed by atoms with Crippen LogP contribution in [0.25, 0.3) is 0 Å². The van der Waals surface area contributed by atoms with Gasteiger partial charge in [-0.25, -0.2) is 4.79 Å². The van der Waals surface area contributed by atoms with Crippen LogP contribution in [0.3, 0.4) is 0 Å². The Morgan fingerprint density at radius 1 is 1.17 bits per heavy atom. The zero-order valence-corrected chi connectivity index (χ0v) is 19.1. The minimum Gasteiger partial charge on any atom is -0.493 e. The van der Waals surface area contributed by atoms with E-state index in [-0.39, 0.29) is 18.2 Å². The van der Waals surface area contributed by atoms with Gasteiger partial charge in [0.25, 0.3) is 0 Å². The maximum Gasteiger partial charge on any atom is 0.410 e. The molecule has 0 aliphatic carbocycles. The van der Waals surface area contributed by atoms with Crippen molar-refractivity contribution in [2.45, 2.75) is 81.9 Å². The maximum atomic E-state index is 13.0. The molecule has 29 heavy (non-hydrogen) atoms. The molecule has 162 valence electrons. The lowest BCUT2D eigenvalue weighted by molar-refractivity contribution is -0.0324. The normalized spacial score (nSPS) is 23.7. The van der Waals surface area contributed by atoms with Gasteiger partial charge < -0.3 is 19.1 Å². The molecule has 0 spiro atoms. The Balaban J connectivity index is 1.93. The summed E-state index contributed by atoms with van der Waals surface area (Å²) in [7, 11) is 0. The third-order valence-electron chi connectivity index (χ3n) is 5.41. The van der Waals surface area contributed by atoms with E-state index < -0.39 is 5.60 Å². The summed E-state index contributed by atoms with van der Waals surface area (Å²) in [6.07, 6.45) is 8.02. The molecule has 1 fully saturated rings. The molecule has 2 aliphatic rings. The minimum absolute atomic E-state index is 0.102. The molecule has 0 aromatic heterocycles. The molecule has 3 rings (SSSR count). The first kappa shape index (κ1) is 22.3. The topological polar surface area (TPSA) is 48.0 Å². The molecule has 2 atom stereocenters. The van der Waals surface area contributed by atoms with Crippen molar-refractivity contribution < 1.29 is 19.0 Å². The number of hydrogen-bond acceptors (Lipinski definition) is 5. The number of fused-ring (bicyclic) bond motifs is 4. The highest BCUT2D eigenvalue weighted by Gasteiger charge is 2.37. The van der Waals surface area contributed by atoms with Gasteiger partial charge in [-0.3, -0.25) is 0 Å². The van der Waals surface area contributed by atoms with Gasteiger partial charge in [-0.1, -0.05) is 12.5 Å². The van der Waals surface area contributed by atoms with Crippen LogP contribution in [0.15, 0.2) is 23.1 Å². The average Bonchev–Trinajstić information content (AvgIpc) is 2.69. The summed E-state index contributed by atoms with van der Waals surface area (Å²) in [5.41, 5.74) is 0.539. The first-order valence-electron chi connectivity index (χ1n) is 10.8. The number of carbonyl (C=O) groups excluding carboxylic acids is 1. The van der Waals surface area contributed by atoms with Gasteiger partial charge in [0.15, 0.2) is 0 Å². The lowest BCUT2D eigenvalue weighted by Crippen LogP contribution is -2.45. The molecule has 1 aromatic carbocycles. The number of benzene rings is 1. The van der Waals surface area contributed by atoms with Crippen LogP contribution in [-0.4, -0.2) is 48.7 Å². The lowest BCUT2D eigenvalue weighted by atomic mass is 9.92. The number of nitrogens with zero attached hydrogens (tertiary/aromatic N) is 1. The van der Waals surface area contributed by atoms with Crippen LogP contribution in [0.4, 0.5) is 4.79 Å². The molecular formula is C23H35NO4S. The molecule has 2 aliphatic heterocycles. The number of piperidine rings is 1. The second-order valence-corrected chi connectivity index (χ2v) is 9.75. The van der Waals surface area contributed by atoms with E-state index in [9.17, 15) is 4.79 Å². The van der Waals surface area contributed by atoms with Crippen molar-refractivity contribution in [3.05, 3.63) is 23.8 Å². The van der Waals surface area contributed by atoms with E-state index in [1.807, 2.05) is 25.7 Å². The van der Waals surface area contributed by atoms with Gasteiger partial charge >= 0.3 is 6.09 Å². The fourth-order valence-corrected chi connectivity index (χ4v) is 4.38. The molecule has 0 saturated carbocycles. The van der Waals surface area contributed by atoms with E-state index >= 15 is 0 Å². The van der Waals surface area contributed by atoms with Crippen LogP contribution < -0.4 is 4.74 Å². The van der Waals surface area contributed by atoms with Crippen LogP contribution in [0.5, 0.6) is 5.75 Å². The smallest absolute Gasteiger partial charge is 0.410 e. The average molecular weight is 422 g/mol. The molecule has 2 bridgehead atoms. The number of rotatable bonds is 1. The number of carbonyl (C=O) groups is 1. The van der Waals surface area contributed by atoms with Crippen LogP contribution in [0.2, 0.25) is 0 Å². The predicted octanol–water partition coefficient (Wildman–Crippen LogP) is 5.82. The van der Waals surface area contributed by atoms with E-state index in [0.29, 0.717) is 13.2 Å². The Kier molecular flexibility index (Phi) is 7.74. The zero-order chi connectivity index (χ0) is 20.9. The first-order valence-corrected chi connectivity index (χ1v) is 12.0. The Hall–Kier alpha value is -1.40. The summed E-state index contributed by atoms with van der Waals surface area (Å²) in [5, 5.41) is 0. The second kappa shape index (κ2) is 10.1. The lowest BCUT2D eigenvalue weighted by Gasteiger charge is -2.40. The van der Waals surface area contributed by atoms with Crippen molar-refractivity contribution in [3.8, 4) is 5.75 Å². The maximum absolute atomic E-state index is 13.0. The van der Waals surface area contributed by atoms with Crippen molar-refractivity contribution in [1.29, 1.82) is 0 Å². The third kappa shape index (κ3) is 6.29. The molecule has 5 nitrogen and oxygen atoms in total. The Labute approximate surface area is 179 Å². The van der Waals surface area contributed by atoms with Gasteiger partial charge in [0.1, 0.15) is 11.4 Å². The fourth-order valence-electron chi connectivity index (χ4n) is 3.95. The Morgan fingerprint density at radius 2 is 1.93 bits per heavy atom. The molecule has 1 amide bonds. The summed E-state index contributed by atoms with van der Waals surface area (Å²) in [6.45, 7) is 7.86. The number of hydrogen-bond donors (Lipinski definition) is 0. The molecule has 2 heterocycles. The second-order valence-electron chi connectivity index (χ2n) is 8.87. The number of thioether (sulfide) groups is 1. The summed E-state index contributed by atoms with van der Waals surface area (Å²) in [5.74, 6) is 0.885. The quantitative estimate of drug-likeness (QED) is 0.535. The van der Waals surface area contributed by atoms with Gasteiger partial charge in [0, 0.05) is 23.6 Å². The molecule has 0 radical (unpaired) electrons. The van der Waals surface area contributed by atoms with Crippen LogP contribution in [-0.2, 0) is 9.47 Å². The van der Waals surface area contributed by atoms with Gasteiger partial charge in [0.05, 0.1) is 18.8 Å². The van der Waals surface area contributed by atoms with E-state index in [4.69, 9.17) is 14.2 Å². The number of ether oxygens (including phenoxy) is 3. The van der Waals surface area contributed by atoms with Crippen molar-refractivity contribution >= 4 is 17.9 Å². The van der Waals surface area contributed by atoms with Gasteiger partial charge in [-0.2, -0.15) is 0 Å². The highest BCUT2D eigenvalue weighted by atomic mass is 32.2. The highest BCUT2D eigenvalue weighted by Crippen LogP contribution is 2.39. The van der Waals surface area contributed by atoms with Crippen molar-refractivity contribution in [2.75, 3.05) is 26.0 Å². The van der Waals surface area contributed by atoms with E-state index in [0.717, 1.165) is 50.0 Å². The molecule has 1 aromatic rings. The van der Waals surface area contributed by atoms with Crippen LogP contribution in [0.1, 0.15) is 70.9 Å². The van der Waals surface area contributed by atoms with E-state index in [1.165, 1.54) is 11.3 Å².